The van der Waals surface area contributed by atoms with Gasteiger partial charge < -0.3 is 10.1 Å². The third kappa shape index (κ3) is 4.58. The van der Waals surface area contributed by atoms with Gasteiger partial charge in [0.1, 0.15) is 18.2 Å². The average Bonchev–Trinajstić information content (AvgIpc) is 3.03. The zero-order valence-electron chi connectivity index (χ0n) is 17.7. The molecule has 7 nitrogen and oxygen atoms in total. The highest BCUT2D eigenvalue weighted by Crippen LogP contribution is 2.44. The summed E-state index contributed by atoms with van der Waals surface area (Å²) >= 11 is 7.64. The lowest BCUT2D eigenvalue weighted by Gasteiger charge is -2.16. The number of fused-ring (bicyclic) bond motifs is 1. The molecular weight excluding hydrogens is 458 g/mol. The van der Waals surface area contributed by atoms with Crippen molar-refractivity contribution in [2.75, 3.05) is 11.1 Å². The first-order valence-corrected chi connectivity index (χ1v) is 11.8. The second-order valence-electron chi connectivity index (χ2n) is 7.54. The number of hydrogen-bond acceptors (Lipinski definition) is 6. The Bertz CT molecular complexity index is 1310. The van der Waals surface area contributed by atoms with Crippen LogP contribution in [0.15, 0.2) is 67.0 Å². The van der Waals surface area contributed by atoms with E-state index in [1.807, 2.05) is 55.5 Å². The summed E-state index contributed by atoms with van der Waals surface area (Å²) in [6, 6.07) is 17.3. The van der Waals surface area contributed by atoms with E-state index in [2.05, 4.69) is 20.4 Å². The molecule has 1 unspecified atom stereocenters. The minimum atomic E-state index is -0.105. The Kier molecular flexibility index (Phi) is 6.02. The fourth-order valence-corrected chi connectivity index (χ4v) is 5.14. The quantitative estimate of drug-likeness (QED) is 0.436. The number of benzene rings is 2. The molecule has 0 fully saturated rings. The van der Waals surface area contributed by atoms with Crippen molar-refractivity contribution in [2.24, 2.45) is 0 Å². The van der Waals surface area contributed by atoms with Gasteiger partial charge >= 0.3 is 0 Å². The van der Waals surface area contributed by atoms with Gasteiger partial charge in [-0.05, 0) is 48.4 Å². The zero-order chi connectivity index (χ0) is 22.8. The van der Waals surface area contributed by atoms with Crippen LogP contribution < -0.4 is 10.1 Å². The molecule has 3 heterocycles. The SMILES string of the molecule is Cc1nn(-c2ncccn2)c2c1C(c1cccc(OCc3cccc(Cl)c3)c1)SCC(=O)N2. The first kappa shape index (κ1) is 21.5. The van der Waals surface area contributed by atoms with E-state index in [1.165, 1.54) is 0 Å². The van der Waals surface area contributed by atoms with Gasteiger partial charge in [0.15, 0.2) is 0 Å². The van der Waals surface area contributed by atoms with Gasteiger partial charge in [-0.1, -0.05) is 35.9 Å². The molecule has 33 heavy (non-hydrogen) atoms. The van der Waals surface area contributed by atoms with E-state index in [1.54, 1.807) is 34.9 Å². The van der Waals surface area contributed by atoms with Gasteiger partial charge in [0.05, 0.1) is 16.7 Å². The molecule has 166 valence electrons. The highest BCUT2D eigenvalue weighted by Gasteiger charge is 2.31. The number of nitrogens with zero attached hydrogens (tertiary/aromatic N) is 4. The number of rotatable bonds is 5. The molecule has 9 heteroatoms. The molecule has 0 spiro atoms. The van der Waals surface area contributed by atoms with Crippen LogP contribution in [0.25, 0.3) is 5.95 Å². The summed E-state index contributed by atoms with van der Waals surface area (Å²) < 4.78 is 7.63. The van der Waals surface area contributed by atoms with Crippen molar-refractivity contribution in [1.82, 2.24) is 19.7 Å². The number of carbonyl (C=O) groups excluding carboxylic acids is 1. The maximum absolute atomic E-state index is 12.5. The van der Waals surface area contributed by atoms with Crippen LogP contribution in [0.2, 0.25) is 5.02 Å². The molecule has 0 saturated carbocycles. The van der Waals surface area contributed by atoms with E-state index in [9.17, 15) is 4.79 Å². The highest BCUT2D eigenvalue weighted by molar-refractivity contribution is 8.00. The molecular formula is C24H20ClN5O2S. The molecule has 1 amide bonds. The van der Waals surface area contributed by atoms with E-state index in [4.69, 9.17) is 16.3 Å². The average molecular weight is 478 g/mol. The first-order chi connectivity index (χ1) is 16.1. The Morgan fingerprint density at radius 2 is 1.97 bits per heavy atom. The smallest absolute Gasteiger partial charge is 0.252 e. The lowest BCUT2D eigenvalue weighted by molar-refractivity contribution is -0.113. The first-order valence-electron chi connectivity index (χ1n) is 10.3. The molecule has 1 aliphatic heterocycles. The van der Waals surface area contributed by atoms with E-state index < -0.39 is 0 Å². The fraction of sp³-hybridized carbons (Fsp3) is 0.167. The summed E-state index contributed by atoms with van der Waals surface area (Å²) in [6.07, 6.45) is 3.30. The molecule has 2 aromatic carbocycles. The maximum atomic E-state index is 12.5. The van der Waals surface area contributed by atoms with Gasteiger partial charge in [0, 0.05) is 23.0 Å². The Balaban J connectivity index is 1.48. The second kappa shape index (κ2) is 9.25. The van der Waals surface area contributed by atoms with Crippen LogP contribution in [0.1, 0.15) is 27.6 Å². The summed E-state index contributed by atoms with van der Waals surface area (Å²) in [5, 5.41) is 8.21. The summed E-state index contributed by atoms with van der Waals surface area (Å²) in [5.74, 6) is 1.99. The fourth-order valence-electron chi connectivity index (χ4n) is 3.75. The van der Waals surface area contributed by atoms with Gasteiger partial charge in [0.25, 0.3) is 5.95 Å². The number of anilines is 1. The highest BCUT2D eigenvalue weighted by atomic mass is 35.5. The van der Waals surface area contributed by atoms with Crippen molar-refractivity contribution in [1.29, 1.82) is 0 Å². The van der Waals surface area contributed by atoms with Crippen molar-refractivity contribution in [3.8, 4) is 11.7 Å². The normalized spacial score (nSPS) is 15.5. The van der Waals surface area contributed by atoms with E-state index >= 15 is 0 Å². The van der Waals surface area contributed by atoms with Crippen LogP contribution in [0.5, 0.6) is 5.75 Å². The predicted octanol–water partition coefficient (Wildman–Crippen LogP) is 4.98. The van der Waals surface area contributed by atoms with Gasteiger partial charge in [0.2, 0.25) is 5.91 Å². The van der Waals surface area contributed by atoms with Crippen molar-refractivity contribution >= 4 is 35.1 Å². The molecule has 1 aliphatic rings. The molecule has 2 aromatic heterocycles. The van der Waals surface area contributed by atoms with E-state index in [0.29, 0.717) is 29.1 Å². The molecule has 1 atom stereocenters. The third-order valence-corrected chi connectivity index (χ3v) is 6.71. The molecule has 0 aliphatic carbocycles. The van der Waals surface area contributed by atoms with Crippen molar-refractivity contribution in [2.45, 2.75) is 18.8 Å². The van der Waals surface area contributed by atoms with E-state index in [0.717, 1.165) is 28.1 Å². The third-order valence-electron chi connectivity index (χ3n) is 5.20. The molecule has 1 N–H and O–H groups in total. The van der Waals surface area contributed by atoms with Gasteiger partial charge in [-0.15, -0.1) is 11.8 Å². The lowest BCUT2D eigenvalue weighted by atomic mass is 10.0. The standard InChI is InChI=1S/C24H20ClN5O2S/c1-15-21-22(17-6-3-8-19(12-17)32-13-16-5-2-7-18(25)11-16)33-14-20(31)28-23(21)30(29-15)24-26-9-4-10-27-24/h2-12,22H,13-14H2,1H3,(H,28,31). The van der Waals surface area contributed by atoms with Crippen LogP contribution in [0.3, 0.4) is 0 Å². The largest absolute Gasteiger partial charge is 0.489 e. The molecule has 4 aromatic rings. The minimum absolute atomic E-state index is 0.0887. The lowest BCUT2D eigenvalue weighted by Crippen LogP contribution is -2.16. The van der Waals surface area contributed by atoms with E-state index in [-0.39, 0.29) is 11.2 Å². The zero-order valence-corrected chi connectivity index (χ0v) is 19.3. The number of aryl methyl sites for hydroxylation is 1. The van der Waals surface area contributed by atoms with Crippen molar-refractivity contribution in [3.05, 3.63) is 94.4 Å². The number of aromatic nitrogens is 4. The summed E-state index contributed by atoms with van der Waals surface area (Å²) in [5.41, 5.74) is 3.76. The molecule has 0 radical (unpaired) electrons. The Morgan fingerprint density at radius 1 is 1.15 bits per heavy atom. The monoisotopic (exact) mass is 477 g/mol. The van der Waals surface area contributed by atoms with Gasteiger partial charge in [-0.25, -0.2) is 9.97 Å². The number of amides is 1. The van der Waals surface area contributed by atoms with Crippen molar-refractivity contribution in [3.63, 3.8) is 0 Å². The molecule has 5 rings (SSSR count). The van der Waals surface area contributed by atoms with Crippen LogP contribution in [-0.4, -0.2) is 31.4 Å². The van der Waals surface area contributed by atoms with Crippen molar-refractivity contribution < 1.29 is 9.53 Å². The second-order valence-corrected chi connectivity index (χ2v) is 9.07. The van der Waals surface area contributed by atoms with Crippen LogP contribution >= 0.6 is 23.4 Å². The Labute approximate surface area is 200 Å². The number of thioether (sulfide) groups is 1. The van der Waals surface area contributed by atoms with Crippen LogP contribution in [0, 0.1) is 6.92 Å². The summed E-state index contributed by atoms with van der Waals surface area (Å²) in [6.45, 7) is 2.35. The Morgan fingerprint density at radius 3 is 2.79 bits per heavy atom. The van der Waals surface area contributed by atoms with Crippen LogP contribution in [0.4, 0.5) is 5.82 Å². The van der Waals surface area contributed by atoms with Crippen LogP contribution in [-0.2, 0) is 11.4 Å². The molecule has 0 saturated heterocycles. The molecule has 0 bridgehead atoms. The summed E-state index contributed by atoms with van der Waals surface area (Å²) in [4.78, 5) is 21.1. The predicted molar refractivity (Wildman–Crippen MR) is 129 cm³/mol. The Hall–Kier alpha value is -3.36. The maximum Gasteiger partial charge on any atom is 0.252 e. The number of ether oxygens (including phenoxy) is 1. The van der Waals surface area contributed by atoms with Gasteiger partial charge in [-0.3, -0.25) is 4.79 Å². The topological polar surface area (TPSA) is 81.9 Å². The van der Waals surface area contributed by atoms with Gasteiger partial charge in [-0.2, -0.15) is 9.78 Å². The minimum Gasteiger partial charge on any atom is -0.489 e. The number of nitrogens with one attached hydrogen (secondary N) is 1. The number of hydrogen-bond donors (Lipinski definition) is 1. The summed E-state index contributed by atoms with van der Waals surface area (Å²) in [7, 11) is 0. The number of carbonyl (C=O) groups is 1. The number of halogens is 1.